The molecule has 0 saturated heterocycles. The van der Waals surface area contributed by atoms with Crippen LogP contribution in [0.3, 0.4) is 0 Å². The second-order valence-electron chi connectivity index (χ2n) is 7.37. The molecule has 1 aromatic carbocycles. The Hall–Kier alpha value is -3.75. The zero-order chi connectivity index (χ0) is 22.9. The number of halogens is 2. The van der Waals surface area contributed by atoms with E-state index in [4.69, 9.17) is 28.3 Å². The van der Waals surface area contributed by atoms with Gasteiger partial charge < -0.3 is 10.6 Å². The lowest BCUT2D eigenvalue weighted by atomic mass is 9.96. The smallest absolute Gasteiger partial charge is 0.255 e. The normalized spacial score (nSPS) is 15.1. The molecule has 0 saturated carbocycles. The molecule has 4 heterocycles. The van der Waals surface area contributed by atoms with Gasteiger partial charge in [0.05, 0.1) is 22.5 Å². The Labute approximate surface area is 199 Å². The van der Waals surface area contributed by atoms with Gasteiger partial charge in [0.1, 0.15) is 6.04 Å². The molecule has 5 rings (SSSR count). The van der Waals surface area contributed by atoms with E-state index < -0.39 is 6.04 Å². The van der Waals surface area contributed by atoms with Crippen LogP contribution in [0.25, 0.3) is 11.4 Å². The molecule has 1 aliphatic rings. The molecule has 0 spiro atoms. The van der Waals surface area contributed by atoms with Crippen molar-refractivity contribution in [3.8, 4) is 11.4 Å². The fourth-order valence-corrected chi connectivity index (χ4v) is 4.21. The molecule has 10 heteroatoms. The van der Waals surface area contributed by atoms with Crippen molar-refractivity contribution < 1.29 is 4.79 Å². The van der Waals surface area contributed by atoms with Crippen molar-refractivity contribution in [3.63, 3.8) is 0 Å². The molecule has 33 heavy (non-hydrogen) atoms. The van der Waals surface area contributed by atoms with Gasteiger partial charge in [0, 0.05) is 34.9 Å². The summed E-state index contributed by atoms with van der Waals surface area (Å²) in [6.07, 6.45) is 6.59. The van der Waals surface area contributed by atoms with Crippen LogP contribution in [0.4, 0.5) is 11.6 Å². The molecule has 1 aliphatic heterocycles. The molecule has 3 aromatic heterocycles. The minimum atomic E-state index is -0.534. The van der Waals surface area contributed by atoms with E-state index in [2.05, 4.69) is 25.6 Å². The number of nitrogens with zero attached hydrogens (tertiary/aromatic N) is 5. The summed E-state index contributed by atoms with van der Waals surface area (Å²) in [5, 5.41) is 11.8. The molecule has 1 amide bonds. The van der Waals surface area contributed by atoms with Crippen LogP contribution in [0, 0.1) is 0 Å². The summed E-state index contributed by atoms with van der Waals surface area (Å²) in [7, 11) is 0. The summed E-state index contributed by atoms with van der Waals surface area (Å²) in [5.41, 5.74) is 3.22. The van der Waals surface area contributed by atoms with Gasteiger partial charge in [-0.3, -0.25) is 14.8 Å². The molecular weight excluding hydrogens is 461 g/mol. The van der Waals surface area contributed by atoms with Gasteiger partial charge in [-0.25, -0.2) is 4.68 Å². The molecule has 1 unspecified atom stereocenters. The number of hydrogen-bond acceptors (Lipinski definition) is 6. The number of carbonyl (C=O) groups is 1. The van der Waals surface area contributed by atoms with E-state index in [1.165, 1.54) is 0 Å². The Bertz CT molecular complexity index is 1370. The monoisotopic (exact) mass is 477 g/mol. The van der Waals surface area contributed by atoms with E-state index >= 15 is 0 Å². The summed E-state index contributed by atoms with van der Waals surface area (Å²) < 4.78 is 1.68. The van der Waals surface area contributed by atoms with Gasteiger partial charge in [-0.15, -0.1) is 5.10 Å². The zero-order valence-corrected chi connectivity index (χ0v) is 18.8. The molecule has 0 fully saturated rings. The summed E-state index contributed by atoms with van der Waals surface area (Å²) in [4.78, 5) is 26.2. The lowest BCUT2D eigenvalue weighted by Gasteiger charge is -2.28. The standard InChI is InChI=1S/C23H17Cl2N7O/c1-13-19(22(33)29-16-3-2-8-27-12-16)20(14-6-9-26-10-7-14)32-23(28-13)30-21(31-32)17-5-4-15(24)11-18(17)25/h2-12,20H,1H3,(H,29,33)(H,28,30,31). The number of amides is 1. The Morgan fingerprint density at radius 2 is 1.91 bits per heavy atom. The summed E-state index contributed by atoms with van der Waals surface area (Å²) >= 11 is 12.4. The van der Waals surface area contributed by atoms with Crippen molar-refractivity contribution in [3.05, 3.63) is 94.1 Å². The Morgan fingerprint density at radius 1 is 1.09 bits per heavy atom. The highest BCUT2D eigenvalue weighted by molar-refractivity contribution is 6.36. The van der Waals surface area contributed by atoms with Crippen molar-refractivity contribution in [1.82, 2.24) is 24.7 Å². The van der Waals surface area contributed by atoms with Crippen molar-refractivity contribution >= 4 is 40.7 Å². The first-order valence-electron chi connectivity index (χ1n) is 10.0. The third-order valence-electron chi connectivity index (χ3n) is 5.21. The number of hydrogen-bond donors (Lipinski definition) is 2. The van der Waals surface area contributed by atoms with Gasteiger partial charge >= 0.3 is 0 Å². The minimum absolute atomic E-state index is 0.276. The fourth-order valence-electron chi connectivity index (χ4n) is 3.72. The van der Waals surface area contributed by atoms with E-state index in [1.54, 1.807) is 59.8 Å². The van der Waals surface area contributed by atoms with E-state index in [-0.39, 0.29) is 5.91 Å². The minimum Gasteiger partial charge on any atom is -0.328 e. The van der Waals surface area contributed by atoms with Crippen LogP contribution in [0.5, 0.6) is 0 Å². The predicted octanol–water partition coefficient (Wildman–Crippen LogP) is 4.97. The van der Waals surface area contributed by atoms with E-state index in [0.29, 0.717) is 44.3 Å². The third kappa shape index (κ3) is 4.06. The van der Waals surface area contributed by atoms with Crippen LogP contribution in [-0.4, -0.2) is 30.6 Å². The molecule has 0 aliphatic carbocycles. The van der Waals surface area contributed by atoms with Crippen molar-refractivity contribution in [1.29, 1.82) is 0 Å². The molecule has 0 bridgehead atoms. The van der Waals surface area contributed by atoms with Crippen LogP contribution >= 0.6 is 23.2 Å². The van der Waals surface area contributed by atoms with Crippen LogP contribution in [0.15, 0.2) is 78.5 Å². The maximum Gasteiger partial charge on any atom is 0.255 e. The van der Waals surface area contributed by atoms with Gasteiger partial charge in [-0.2, -0.15) is 4.98 Å². The highest BCUT2D eigenvalue weighted by Gasteiger charge is 2.34. The average Bonchev–Trinajstić information content (AvgIpc) is 3.22. The first-order chi connectivity index (χ1) is 16.0. The maximum atomic E-state index is 13.4. The first-order valence-corrected chi connectivity index (χ1v) is 10.8. The number of aromatic nitrogens is 5. The largest absolute Gasteiger partial charge is 0.328 e. The fraction of sp³-hybridized carbons (Fsp3) is 0.0870. The van der Waals surface area contributed by atoms with Crippen molar-refractivity contribution in [2.75, 3.05) is 10.6 Å². The second-order valence-corrected chi connectivity index (χ2v) is 8.21. The van der Waals surface area contributed by atoms with E-state index in [9.17, 15) is 4.79 Å². The molecule has 164 valence electrons. The first kappa shape index (κ1) is 21.1. The highest BCUT2D eigenvalue weighted by Crippen LogP contribution is 2.37. The number of benzene rings is 1. The number of fused-ring (bicyclic) bond motifs is 1. The molecule has 2 N–H and O–H groups in total. The lowest BCUT2D eigenvalue weighted by Crippen LogP contribution is -2.31. The van der Waals surface area contributed by atoms with Gasteiger partial charge in [0.15, 0.2) is 5.82 Å². The van der Waals surface area contributed by atoms with Gasteiger partial charge in [-0.05, 0) is 55.0 Å². The van der Waals surface area contributed by atoms with Gasteiger partial charge in [0.25, 0.3) is 5.91 Å². The van der Waals surface area contributed by atoms with Crippen LogP contribution in [-0.2, 0) is 4.79 Å². The molecular formula is C23H17Cl2N7O. The topological polar surface area (TPSA) is 97.6 Å². The van der Waals surface area contributed by atoms with Crippen LogP contribution < -0.4 is 10.6 Å². The Kier molecular flexibility index (Phi) is 5.53. The van der Waals surface area contributed by atoms with Crippen molar-refractivity contribution in [2.45, 2.75) is 13.0 Å². The molecule has 8 nitrogen and oxygen atoms in total. The average molecular weight is 478 g/mol. The van der Waals surface area contributed by atoms with E-state index in [0.717, 1.165) is 5.56 Å². The molecule has 1 atom stereocenters. The summed E-state index contributed by atoms with van der Waals surface area (Å²) in [6.45, 7) is 1.83. The number of carbonyl (C=O) groups excluding carboxylic acids is 1. The highest BCUT2D eigenvalue weighted by atomic mass is 35.5. The quantitative estimate of drug-likeness (QED) is 0.430. The number of pyridine rings is 2. The number of allylic oxidation sites excluding steroid dienone is 1. The van der Waals surface area contributed by atoms with Crippen LogP contribution in [0.2, 0.25) is 10.0 Å². The predicted molar refractivity (Wildman–Crippen MR) is 127 cm³/mol. The number of rotatable bonds is 4. The summed E-state index contributed by atoms with van der Waals surface area (Å²) in [5.74, 6) is 0.634. The third-order valence-corrected chi connectivity index (χ3v) is 5.76. The maximum absolute atomic E-state index is 13.4. The number of nitrogens with one attached hydrogen (secondary N) is 2. The second kappa shape index (κ2) is 8.65. The van der Waals surface area contributed by atoms with E-state index in [1.807, 2.05) is 19.1 Å². The summed E-state index contributed by atoms with van der Waals surface area (Å²) in [6, 6.07) is 11.8. The van der Waals surface area contributed by atoms with Gasteiger partial charge in [-0.1, -0.05) is 23.2 Å². The van der Waals surface area contributed by atoms with Crippen LogP contribution in [0.1, 0.15) is 18.5 Å². The number of anilines is 2. The molecule has 0 radical (unpaired) electrons. The Morgan fingerprint density at radius 3 is 2.64 bits per heavy atom. The lowest BCUT2D eigenvalue weighted by molar-refractivity contribution is -0.113. The van der Waals surface area contributed by atoms with Crippen molar-refractivity contribution in [2.24, 2.45) is 0 Å². The Balaban J connectivity index is 1.60. The molecule has 4 aromatic rings. The van der Waals surface area contributed by atoms with Gasteiger partial charge in [0.2, 0.25) is 5.95 Å². The SMILES string of the molecule is CC1=C(C(=O)Nc2cccnc2)C(c2ccncc2)n2nc(-c3ccc(Cl)cc3Cl)nc2N1. The zero-order valence-electron chi connectivity index (χ0n) is 17.3.